The molecule has 2 aromatic rings. The van der Waals surface area contributed by atoms with Gasteiger partial charge in [0.25, 0.3) is 0 Å². The molecule has 25 heavy (non-hydrogen) atoms. The molecule has 0 aliphatic carbocycles. The van der Waals surface area contributed by atoms with E-state index in [9.17, 15) is 0 Å². The van der Waals surface area contributed by atoms with Crippen LogP contribution in [0, 0.1) is 6.92 Å². The fraction of sp³-hybridized carbons (Fsp3) is 0.588. The van der Waals surface area contributed by atoms with Crippen molar-refractivity contribution in [3.63, 3.8) is 0 Å². The summed E-state index contributed by atoms with van der Waals surface area (Å²) in [5.74, 6) is 2.66. The zero-order valence-electron chi connectivity index (χ0n) is 15.1. The van der Waals surface area contributed by atoms with E-state index in [2.05, 4.69) is 46.7 Å². The molecule has 3 heterocycles. The summed E-state index contributed by atoms with van der Waals surface area (Å²) in [4.78, 5) is 11.8. The Morgan fingerprint density at radius 3 is 3.08 bits per heavy atom. The first-order valence-electron chi connectivity index (χ1n) is 8.69. The third-order valence-corrected chi connectivity index (χ3v) is 5.03. The molecule has 1 unspecified atom stereocenters. The van der Waals surface area contributed by atoms with Crippen molar-refractivity contribution in [1.82, 2.24) is 25.4 Å². The zero-order chi connectivity index (χ0) is 17.6. The van der Waals surface area contributed by atoms with Crippen LogP contribution in [0.1, 0.15) is 34.7 Å². The van der Waals surface area contributed by atoms with Gasteiger partial charge in [0.15, 0.2) is 11.8 Å². The third-order valence-electron chi connectivity index (χ3n) is 4.05. The molecule has 136 valence electrons. The zero-order valence-corrected chi connectivity index (χ0v) is 15.9. The minimum atomic E-state index is 0.299. The summed E-state index contributed by atoms with van der Waals surface area (Å²) in [7, 11) is 1.67. The van der Waals surface area contributed by atoms with Crippen molar-refractivity contribution in [3.8, 4) is 0 Å². The van der Waals surface area contributed by atoms with Crippen LogP contribution in [-0.4, -0.2) is 40.4 Å². The first kappa shape index (κ1) is 17.9. The summed E-state index contributed by atoms with van der Waals surface area (Å²) >= 11 is 1.80. The normalized spacial score (nSPS) is 17.4. The molecule has 0 spiro atoms. The van der Waals surface area contributed by atoms with Crippen LogP contribution < -0.4 is 10.6 Å². The Morgan fingerprint density at radius 1 is 1.48 bits per heavy atom. The molecule has 2 aromatic heterocycles. The number of guanidine groups is 1. The molecular weight excluding hydrogens is 336 g/mol. The quantitative estimate of drug-likeness (QED) is 0.606. The number of fused-ring (bicyclic) bond motifs is 1. The number of aromatic nitrogens is 3. The number of hydrogen-bond donors (Lipinski definition) is 2. The summed E-state index contributed by atoms with van der Waals surface area (Å²) in [6, 6.07) is 4.58. The first-order chi connectivity index (χ1) is 12.2. The van der Waals surface area contributed by atoms with Gasteiger partial charge in [-0.05, 0) is 32.4 Å². The average Bonchev–Trinajstić information content (AvgIpc) is 3.18. The molecular formula is C17H26N6OS. The second kappa shape index (κ2) is 8.44. The van der Waals surface area contributed by atoms with Gasteiger partial charge in [-0.25, -0.2) is 14.7 Å². The Kier molecular flexibility index (Phi) is 6.04. The lowest BCUT2D eigenvalue weighted by Gasteiger charge is -2.25. The maximum absolute atomic E-state index is 5.12. The highest BCUT2D eigenvalue weighted by molar-refractivity contribution is 7.11. The van der Waals surface area contributed by atoms with E-state index < -0.39 is 0 Å². The number of thiophene rings is 1. The van der Waals surface area contributed by atoms with Gasteiger partial charge in [-0.3, -0.25) is 0 Å². The predicted molar refractivity (Wildman–Crippen MR) is 99.9 cm³/mol. The van der Waals surface area contributed by atoms with Crippen molar-refractivity contribution in [1.29, 1.82) is 0 Å². The van der Waals surface area contributed by atoms with E-state index in [1.165, 1.54) is 9.75 Å². The van der Waals surface area contributed by atoms with E-state index in [4.69, 9.17) is 9.73 Å². The van der Waals surface area contributed by atoms with Crippen molar-refractivity contribution in [2.75, 3.05) is 13.7 Å². The van der Waals surface area contributed by atoms with E-state index in [1.54, 1.807) is 18.4 Å². The van der Waals surface area contributed by atoms with Crippen LogP contribution in [0.3, 0.4) is 0 Å². The van der Waals surface area contributed by atoms with Crippen LogP contribution >= 0.6 is 11.3 Å². The van der Waals surface area contributed by atoms with Crippen LogP contribution in [-0.2, 0) is 30.9 Å². The second-order valence-electron chi connectivity index (χ2n) is 6.15. The van der Waals surface area contributed by atoms with Gasteiger partial charge in [-0.2, -0.15) is 5.10 Å². The molecule has 1 aliphatic rings. The largest absolute Gasteiger partial charge is 0.377 e. The number of ether oxygens (including phenoxy) is 1. The number of methoxy groups -OCH3 is 1. The minimum Gasteiger partial charge on any atom is -0.377 e. The van der Waals surface area contributed by atoms with Gasteiger partial charge in [0.1, 0.15) is 12.4 Å². The summed E-state index contributed by atoms with van der Waals surface area (Å²) in [6.07, 6.45) is 1.94. The Bertz CT molecular complexity index is 723. The number of hydrogen-bond acceptors (Lipinski definition) is 5. The number of aryl methyl sites for hydroxylation is 2. The van der Waals surface area contributed by atoms with Gasteiger partial charge in [0.05, 0.1) is 13.1 Å². The predicted octanol–water partition coefficient (Wildman–Crippen LogP) is 1.86. The highest BCUT2D eigenvalue weighted by atomic mass is 32.1. The van der Waals surface area contributed by atoms with Crippen molar-refractivity contribution in [3.05, 3.63) is 33.5 Å². The smallest absolute Gasteiger partial charge is 0.191 e. The van der Waals surface area contributed by atoms with Crippen LogP contribution in [0.15, 0.2) is 17.1 Å². The summed E-state index contributed by atoms with van der Waals surface area (Å²) in [6.45, 7) is 7.01. The maximum Gasteiger partial charge on any atom is 0.191 e. The Morgan fingerprint density at radius 2 is 2.36 bits per heavy atom. The molecule has 0 bridgehead atoms. The molecule has 0 amide bonds. The van der Waals surface area contributed by atoms with Crippen LogP contribution in [0.5, 0.6) is 0 Å². The number of aliphatic imine (C=N–C) groups is 1. The highest BCUT2D eigenvalue weighted by Gasteiger charge is 2.22. The summed E-state index contributed by atoms with van der Waals surface area (Å²) in [5, 5.41) is 11.4. The standard InChI is InChI=1S/C17H26N6OS/c1-4-18-17(19-9-14-7-5-12(2)25-14)20-13-6-8-16-21-15(11-24-3)22-23(16)10-13/h5,7,13H,4,6,8-11H2,1-3H3,(H2,18,19,20). The maximum atomic E-state index is 5.12. The molecule has 7 nitrogen and oxygen atoms in total. The van der Waals surface area contributed by atoms with E-state index in [-0.39, 0.29) is 0 Å². The topological polar surface area (TPSA) is 76.4 Å². The van der Waals surface area contributed by atoms with Gasteiger partial charge in [0.2, 0.25) is 0 Å². The SMILES string of the molecule is CCNC(=NCc1ccc(C)s1)NC1CCc2nc(COC)nn2C1. The molecule has 1 aliphatic heterocycles. The second-order valence-corrected chi connectivity index (χ2v) is 7.52. The Balaban J connectivity index is 1.61. The van der Waals surface area contributed by atoms with E-state index in [0.717, 1.165) is 43.5 Å². The lowest BCUT2D eigenvalue weighted by atomic mass is 10.1. The van der Waals surface area contributed by atoms with E-state index >= 15 is 0 Å². The molecule has 1 atom stereocenters. The van der Waals surface area contributed by atoms with E-state index in [1.807, 2.05) is 4.68 Å². The summed E-state index contributed by atoms with van der Waals surface area (Å²) < 4.78 is 7.11. The van der Waals surface area contributed by atoms with Gasteiger partial charge < -0.3 is 15.4 Å². The molecule has 2 N–H and O–H groups in total. The van der Waals surface area contributed by atoms with Crippen LogP contribution in [0.4, 0.5) is 0 Å². The van der Waals surface area contributed by atoms with Crippen molar-refractivity contribution in [2.24, 2.45) is 4.99 Å². The van der Waals surface area contributed by atoms with Gasteiger partial charge in [-0.15, -0.1) is 11.3 Å². The van der Waals surface area contributed by atoms with Crippen molar-refractivity contribution < 1.29 is 4.74 Å². The lowest BCUT2D eigenvalue weighted by molar-refractivity contribution is 0.177. The van der Waals surface area contributed by atoms with Gasteiger partial charge in [0, 0.05) is 35.9 Å². The Labute approximate surface area is 152 Å². The fourth-order valence-corrected chi connectivity index (χ4v) is 3.72. The van der Waals surface area contributed by atoms with Crippen molar-refractivity contribution in [2.45, 2.75) is 52.4 Å². The monoisotopic (exact) mass is 362 g/mol. The average molecular weight is 363 g/mol. The number of rotatable bonds is 6. The third kappa shape index (κ3) is 4.79. The molecule has 0 saturated carbocycles. The molecule has 0 fully saturated rings. The highest BCUT2D eigenvalue weighted by Crippen LogP contribution is 2.16. The molecule has 0 radical (unpaired) electrons. The Hall–Kier alpha value is -1.93. The van der Waals surface area contributed by atoms with Gasteiger partial charge >= 0.3 is 0 Å². The molecule has 0 saturated heterocycles. The lowest BCUT2D eigenvalue weighted by Crippen LogP contribution is -2.47. The minimum absolute atomic E-state index is 0.299. The van der Waals surface area contributed by atoms with Gasteiger partial charge in [-0.1, -0.05) is 0 Å². The van der Waals surface area contributed by atoms with E-state index in [0.29, 0.717) is 19.2 Å². The van der Waals surface area contributed by atoms with Crippen molar-refractivity contribution >= 4 is 17.3 Å². The van der Waals surface area contributed by atoms with Crippen LogP contribution in [0.25, 0.3) is 0 Å². The molecule has 3 rings (SSSR count). The molecule has 8 heteroatoms. The first-order valence-corrected chi connectivity index (χ1v) is 9.51. The number of nitrogens with one attached hydrogen (secondary N) is 2. The molecule has 0 aromatic carbocycles. The van der Waals surface area contributed by atoms with Crippen LogP contribution in [0.2, 0.25) is 0 Å². The number of nitrogens with zero attached hydrogens (tertiary/aromatic N) is 4. The fourth-order valence-electron chi connectivity index (χ4n) is 2.91. The summed E-state index contributed by atoms with van der Waals surface area (Å²) in [5.41, 5.74) is 0.